The zero-order valence-electron chi connectivity index (χ0n) is 21.2. The fraction of sp³-hybridized carbons (Fsp3) is 0.917. The lowest BCUT2D eigenvalue weighted by molar-refractivity contribution is -0.138. The first kappa shape index (κ1) is 26.2. The van der Waals surface area contributed by atoms with Crippen molar-refractivity contribution in [2.24, 2.45) is 29.4 Å². The molecule has 5 rings (SSSR count). The number of likely N-dealkylation sites (N-methyl/N-ethyl adjacent to an activating group) is 1. The van der Waals surface area contributed by atoms with E-state index >= 15 is 4.39 Å². The number of nitrogens with zero attached hydrogens (tertiary/aromatic N) is 3. The number of hydrazine groups is 1. The van der Waals surface area contributed by atoms with Crippen LogP contribution < -0.4 is 27.1 Å². The van der Waals surface area contributed by atoms with Crippen LogP contribution in [0.25, 0.3) is 0 Å². The molecule has 1 aliphatic carbocycles. The van der Waals surface area contributed by atoms with Crippen molar-refractivity contribution in [3.63, 3.8) is 0 Å². The van der Waals surface area contributed by atoms with Gasteiger partial charge in [-0.1, -0.05) is 0 Å². The molecule has 36 heavy (non-hydrogen) atoms. The number of hydrogen-bond acceptors (Lipinski definition) is 8. The topological polar surface area (TPSA) is 118 Å². The van der Waals surface area contributed by atoms with E-state index in [-0.39, 0.29) is 61.4 Å². The monoisotopic (exact) mass is 512 g/mol. The predicted octanol–water partition coefficient (Wildman–Crippen LogP) is -1.40. The van der Waals surface area contributed by atoms with Crippen LogP contribution in [0.3, 0.4) is 0 Å². The summed E-state index contributed by atoms with van der Waals surface area (Å²) < 4.78 is 29.1. The summed E-state index contributed by atoms with van der Waals surface area (Å²) in [5, 5.41) is 11.0. The van der Waals surface area contributed by atoms with Crippen LogP contribution in [-0.2, 0) is 9.59 Å². The van der Waals surface area contributed by atoms with Gasteiger partial charge in [0, 0.05) is 70.2 Å². The fourth-order valence-corrected chi connectivity index (χ4v) is 6.97. The number of piperidine rings is 1. The van der Waals surface area contributed by atoms with Crippen molar-refractivity contribution in [2.75, 3.05) is 59.4 Å². The van der Waals surface area contributed by atoms with E-state index in [4.69, 9.17) is 5.73 Å². The molecule has 0 aromatic rings. The standard InChI is InChI=1S/C24H42F2N8O2/c1-32-6-8-33(9-7-32)24(36)15-4-2-14(3-5-15)19-17(26)11-28-12-18(19)30-23(35)20-21(27)31-34-13-16(25)10-29-22(20)34/h14-22,28-29,31H,2-13,27H2,1H3,(H,30,35). The van der Waals surface area contributed by atoms with Gasteiger partial charge in [-0.3, -0.25) is 14.9 Å². The van der Waals surface area contributed by atoms with Crippen LogP contribution in [0.5, 0.6) is 0 Å². The third-order valence-electron chi connectivity index (χ3n) is 9.02. The molecule has 0 bridgehead atoms. The molecule has 6 N–H and O–H groups in total. The van der Waals surface area contributed by atoms with Crippen molar-refractivity contribution in [1.82, 2.24) is 36.2 Å². The fourth-order valence-electron chi connectivity index (χ4n) is 6.97. The van der Waals surface area contributed by atoms with Crippen LogP contribution in [0.2, 0.25) is 0 Å². The number of nitrogens with two attached hydrogens (primary N) is 1. The van der Waals surface area contributed by atoms with Crippen molar-refractivity contribution in [2.45, 2.75) is 56.4 Å². The van der Waals surface area contributed by atoms with Crippen molar-refractivity contribution >= 4 is 11.8 Å². The van der Waals surface area contributed by atoms with Crippen molar-refractivity contribution in [3.05, 3.63) is 0 Å². The van der Waals surface area contributed by atoms with Gasteiger partial charge in [-0.15, -0.1) is 0 Å². The second-order valence-corrected chi connectivity index (χ2v) is 11.4. The van der Waals surface area contributed by atoms with Crippen LogP contribution in [-0.4, -0.2) is 117 Å². The first-order valence-corrected chi connectivity index (χ1v) is 13.6. The second kappa shape index (κ2) is 11.1. The molecule has 0 spiro atoms. The Kier molecular flexibility index (Phi) is 8.09. The van der Waals surface area contributed by atoms with E-state index in [1.807, 2.05) is 4.90 Å². The quantitative estimate of drug-likeness (QED) is 0.312. The smallest absolute Gasteiger partial charge is 0.229 e. The number of alkyl halides is 2. The molecule has 0 aromatic carbocycles. The Hall–Kier alpha value is -1.44. The molecule has 4 aliphatic heterocycles. The summed E-state index contributed by atoms with van der Waals surface area (Å²) in [4.78, 5) is 30.6. The maximum absolute atomic E-state index is 15.3. The highest BCUT2D eigenvalue weighted by Gasteiger charge is 2.49. The molecule has 10 nitrogen and oxygen atoms in total. The predicted molar refractivity (Wildman–Crippen MR) is 131 cm³/mol. The maximum atomic E-state index is 15.3. The minimum atomic E-state index is -1.06. The summed E-state index contributed by atoms with van der Waals surface area (Å²) in [6.07, 6.45) is 0.0146. The third-order valence-corrected chi connectivity index (χ3v) is 9.02. The summed E-state index contributed by atoms with van der Waals surface area (Å²) >= 11 is 0. The second-order valence-electron chi connectivity index (χ2n) is 11.4. The molecule has 7 unspecified atom stereocenters. The Balaban J connectivity index is 1.18. The van der Waals surface area contributed by atoms with E-state index in [0.717, 1.165) is 51.9 Å². The highest BCUT2D eigenvalue weighted by Crippen LogP contribution is 2.39. The molecular weight excluding hydrogens is 470 g/mol. The van der Waals surface area contributed by atoms with Crippen molar-refractivity contribution in [1.29, 1.82) is 0 Å². The third kappa shape index (κ3) is 5.39. The lowest BCUT2D eigenvalue weighted by Crippen LogP contribution is -2.62. The number of rotatable bonds is 4. The number of carbonyl (C=O) groups is 2. The SMILES string of the molecule is CN1CCN(C(=O)C2CCC(C3C(F)CNCC3NC(=O)C3C(N)NN4CC(F)CNC34)CC2)CC1. The van der Waals surface area contributed by atoms with Gasteiger partial charge in [-0.05, 0) is 38.6 Å². The largest absolute Gasteiger partial charge is 0.351 e. The first-order valence-electron chi connectivity index (χ1n) is 13.6. The number of nitrogens with one attached hydrogen (secondary N) is 4. The molecule has 4 saturated heterocycles. The number of amides is 2. The molecule has 204 valence electrons. The minimum Gasteiger partial charge on any atom is -0.351 e. The Morgan fingerprint density at radius 2 is 1.72 bits per heavy atom. The van der Waals surface area contributed by atoms with E-state index in [1.54, 1.807) is 5.01 Å². The minimum absolute atomic E-state index is 0.0164. The van der Waals surface area contributed by atoms with Gasteiger partial charge in [0.2, 0.25) is 11.8 Å². The van der Waals surface area contributed by atoms with Crippen molar-refractivity contribution < 1.29 is 18.4 Å². The molecule has 5 aliphatic rings. The molecule has 12 heteroatoms. The van der Waals surface area contributed by atoms with E-state index < -0.39 is 24.4 Å². The van der Waals surface area contributed by atoms with Gasteiger partial charge in [-0.25, -0.2) is 19.2 Å². The van der Waals surface area contributed by atoms with E-state index in [1.165, 1.54) is 0 Å². The molecule has 7 atom stereocenters. The van der Waals surface area contributed by atoms with Gasteiger partial charge in [0.25, 0.3) is 0 Å². The highest BCUT2D eigenvalue weighted by molar-refractivity contribution is 5.81. The summed E-state index contributed by atoms with van der Waals surface area (Å²) in [7, 11) is 2.08. The van der Waals surface area contributed by atoms with E-state index in [9.17, 15) is 14.0 Å². The van der Waals surface area contributed by atoms with Gasteiger partial charge in [0.15, 0.2) is 0 Å². The lowest BCUT2D eigenvalue weighted by Gasteiger charge is -2.43. The first-order chi connectivity index (χ1) is 17.3. The van der Waals surface area contributed by atoms with Crippen molar-refractivity contribution in [3.8, 4) is 0 Å². The Morgan fingerprint density at radius 3 is 2.44 bits per heavy atom. The zero-order chi connectivity index (χ0) is 25.4. The van der Waals surface area contributed by atoms with Crippen LogP contribution in [0.15, 0.2) is 0 Å². The zero-order valence-corrected chi connectivity index (χ0v) is 21.2. The number of piperazine rings is 1. The molecule has 5 fully saturated rings. The van der Waals surface area contributed by atoms with E-state index in [2.05, 4.69) is 33.3 Å². The molecule has 2 amide bonds. The average molecular weight is 513 g/mol. The van der Waals surface area contributed by atoms with Crippen LogP contribution in [0, 0.1) is 23.7 Å². The Labute approximate surface area is 212 Å². The van der Waals surface area contributed by atoms with E-state index in [0.29, 0.717) is 6.54 Å². The molecule has 0 aromatic heterocycles. The number of halogens is 2. The molecule has 4 heterocycles. The summed E-state index contributed by atoms with van der Waals surface area (Å²) in [6.45, 7) is 4.50. The lowest BCUT2D eigenvalue weighted by atomic mass is 9.70. The number of carbonyl (C=O) groups excluding carboxylic acids is 2. The number of hydrogen-bond donors (Lipinski definition) is 5. The van der Waals surface area contributed by atoms with Gasteiger partial charge in [-0.2, -0.15) is 0 Å². The highest BCUT2D eigenvalue weighted by atomic mass is 19.1. The normalized spacial score (nSPS) is 42.7. The van der Waals surface area contributed by atoms with Gasteiger partial charge in [0.1, 0.15) is 12.3 Å². The van der Waals surface area contributed by atoms with Crippen LogP contribution in [0.4, 0.5) is 8.78 Å². The van der Waals surface area contributed by atoms with Gasteiger partial charge >= 0.3 is 0 Å². The number of fused-ring (bicyclic) bond motifs is 1. The average Bonchev–Trinajstić information content (AvgIpc) is 3.19. The molecule has 0 radical (unpaired) electrons. The summed E-state index contributed by atoms with van der Waals surface area (Å²) in [6, 6.07) is -0.352. The maximum Gasteiger partial charge on any atom is 0.229 e. The van der Waals surface area contributed by atoms with Crippen LogP contribution >= 0.6 is 0 Å². The Bertz CT molecular complexity index is 792. The Morgan fingerprint density at radius 1 is 1.00 bits per heavy atom. The van der Waals surface area contributed by atoms with Gasteiger partial charge in [0.05, 0.1) is 18.2 Å². The molecule has 1 saturated carbocycles. The van der Waals surface area contributed by atoms with Crippen LogP contribution in [0.1, 0.15) is 25.7 Å². The molecular formula is C24H42F2N8O2. The summed E-state index contributed by atoms with van der Waals surface area (Å²) in [5.74, 6) is -0.756. The summed E-state index contributed by atoms with van der Waals surface area (Å²) in [5.41, 5.74) is 9.21. The van der Waals surface area contributed by atoms with Gasteiger partial charge < -0.3 is 26.2 Å².